The lowest BCUT2D eigenvalue weighted by atomic mass is 9.43. The number of hydrogen-bond donors (Lipinski definition) is 0. The highest BCUT2D eigenvalue weighted by Gasteiger charge is 2.61. The molecule has 25 heavy (non-hydrogen) atoms. The molecule has 1 unspecified atom stereocenters. The van der Waals surface area contributed by atoms with E-state index in [0.29, 0.717) is 5.16 Å². The first kappa shape index (κ1) is 16.4. The fraction of sp³-hybridized carbons (Fsp3) is 1.00. The van der Waals surface area contributed by atoms with Gasteiger partial charge < -0.3 is 0 Å². The Morgan fingerprint density at radius 1 is 0.600 bits per heavy atom. The molecule has 1 atom stereocenters. The molecule has 0 aromatic heterocycles. The van der Waals surface area contributed by atoms with Crippen molar-refractivity contribution in [1.29, 1.82) is 0 Å². The molecule has 0 N–H and O–H groups in total. The summed E-state index contributed by atoms with van der Waals surface area (Å²) in [6.45, 7) is 2.48. The number of hydrogen-bond acceptors (Lipinski definition) is 0. The Labute approximate surface area is 157 Å². The van der Waals surface area contributed by atoms with Crippen molar-refractivity contribution in [2.45, 2.75) is 89.1 Å². The van der Waals surface area contributed by atoms with Gasteiger partial charge in [0, 0.05) is 0 Å². The van der Waals surface area contributed by atoms with E-state index in [-0.39, 0.29) is 0 Å². The summed E-state index contributed by atoms with van der Waals surface area (Å²) in [5, 5.41) is 0.611. The van der Waals surface area contributed by atoms with Gasteiger partial charge in [-0.05, 0) is 135 Å². The minimum absolute atomic E-state index is 0.611. The van der Waals surface area contributed by atoms with E-state index in [1.807, 2.05) is 0 Å². The second-order valence-corrected chi connectivity index (χ2v) is 12.9. The molecule has 1 heteroatoms. The Morgan fingerprint density at radius 2 is 0.920 bits per heavy atom. The summed E-state index contributed by atoms with van der Waals surface area (Å²) in [6.07, 6.45) is 19.1. The van der Waals surface area contributed by atoms with Crippen LogP contribution in [0, 0.1) is 59.2 Å². The van der Waals surface area contributed by atoms with Crippen LogP contribution in [-0.2, 0) is 0 Å². The van der Waals surface area contributed by atoms with Crippen LogP contribution in [0.15, 0.2) is 0 Å². The van der Waals surface area contributed by atoms with Gasteiger partial charge in [0.1, 0.15) is 0 Å². The van der Waals surface area contributed by atoms with Crippen molar-refractivity contribution >= 4 is 9.24 Å². The van der Waals surface area contributed by atoms with Crippen molar-refractivity contribution in [2.24, 2.45) is 59.2 Å². The summed E-state index contributed by atoms with van der Waals surface area (Å²) in [5.74, 6) is 11.1. The molecule has 0 aliphatic heterocycles. The van der Waals surface area contributed by atoms with Crippen LogP contribution in [0.5, 0.6) is 0 Å². The van der Waals surface area contributed by atoms with Crippen LogP contribution >= 0.6 is 9.24 Å². The van der Waals surface area contributed by atoms with Gasteiger partial charge >= 0.3 is 0 Å². The quantitative estimate of drug-likeness (QED) is 0.500. The molecule has 140 valence electrons. The average Bonchev–Trinajstić information content (AvgIpc) is 2.52. The Hall–Kier alpha value is 0.430. The zero-order valence-corrected chi connectivity index (χ0v) is 17.5. The Balaban J connectivity index is 1.36. The van der Waals surface area contributed by atoms with E-state index in [1.54, 1.807) is 64.2 Å². The Morgan fingerprint density at radius 3 is 1.20 bits per heavy atom. The molecule has 8 saturated carbocycles. The van der Waals surface area contributed by atoms with Crippen LogP contribution in [0.2, 0.25) is 0 Å². The molecule has 8 rings (SSSR count). The topological polar surface area (TPSA) is 0 Å². The Bertz CT molecular complexity index is 438. The molecule has 0 aromatic carbocycles. The summed E-state index contributed by atoms with van der Waals surface area (Å²) < 4.78 is 0. The summed E-state index contributed by atoms with van der Waals surface area (Å²) in [6, 6.07) is 0. The fourth-order valence-corrected chi connectivity index (χ4v) is 12.0. The smallest absolute Gasteiger partial charge is 0.00834 e. The summed E-state index contributed by atoms with van der Waals surface area (Å²) in [7, 11) is 3.65. The molecule has 0 aromatic rings. The molecule has 8 aliphatic rings. The van der Waals surface area contributed by atoms with Gasteiger partial charge in [0.2, 0.25) is 0 Å². The molecule has 0 amide bonds. The van der Waals surface area contributed by atoms with Crippen molar-refractivity contribution in [1.82, 2.24) is 0 Å². The first-order valence-corrected chi connectivity index (χ1v) is 12.5. The largest absolute Gasteiger partial charge is 0.130 e. The standard InChI is InChI=1S/C24H39P/c1-2-3-24(25,22-18-6-14-4-15(8-18)9-19(22)7-14)23-20-10-16-5-17(12-20)13-21(23)11-16/h14-23H,2-13,25H2,1H3. The van der Waals surface area contributed by atoms with E-state index >= 15 is 0 Å². The maximum Gasteiger partial charge on any atom is -0.00834 e. The predicted molar refractivity (Wildman–Crippen MR) is 108 cm³/mol. The van der Waals surface area contributed by atoms with Gasteiger partial charge in [0.05, 0.1) is 0 Å². The molecule has 0 radical (unpaired) electrons. The van der Waals surface area contributed by atoms with E-state index < -0.39 is 0 Å². The molecule has 8 fully saturated rings. The lowest BCUT2D eigenvalue weighted by Crippen LogP contribution is -2.60. The second kappa shape index (κ2) is 5.72. The average molecular weight is 359 g/mol. The fourth-order valence-electron chi connectivity index (χ4n) is 10.6. The molecule has 0 saturated heterocycles. The predicted octanol–water partition coefficient (Wildman–Crippen LogP) is 6.55. The molecule has 8 bridgehead atoms. The van der Waals surface area contributed by atoms with Crippen LogP contribution in [0.1, 0.15) is 84.0 Å². The summed E-state index contributed by atoms with van der Waals surface area (Å²) in [5.41, 5.74) is 0. The van der Waals surface area contributed by atoms with E-state index in [9.17, 15) is 0 Å². The van der Waals surface area contributed by atoms with Gasteiger partial charge in [-0.1, -0.05) is 13.3 Å². The third-order valence-electron chi connectivity index (χ3n) is 10.4. The highest BCUT2D eigenvalue weighted by atomic mass is 31.0. The SMILES string of the molecule is CCCC(P)(C1C2CC3CC(C2)CC1C3)C1C2CC3CC(C2)CC1C3. The van der Waals surface area contributed by atoms with E-state index in [4.69, 9.17) is 0 Å². The molecular formula is C24H39P. The van der Waals surface area contributed by atoms with Crippen LogP contribution < -0.4 is 0 Å². The van der Waals surface area contributed by atoms with Gasteiger partial charge in [-0.15, -0.1) is 9.24 Å². The lowest BCUT2D eigenvalue weighted by molar-refractivity contribution is -0.112. The van der Waals surface area contributed by atoms with Crippen molar-refractivity contribution in [3.8, 4) is 0 Å². The zero-order valence-electron chi connectivity index (χ0n) is 16.3. The monoisotopic (exact) mass is 358 g/mol. The number of rotatable bonds is 4. The van der Waals surface area contributed by atoms with Crippen LogP contribution in [0.25, 0.3) is 0 Å². The van der Waals surface area contributed by atoms with Crippen LogP contribution in [-0.4, -0.2) is 5.16 Å². The van der Waals surface area contributed by atoms with Gasteiger partial charge in [-0.3, -0.25) is 0 Å². The summed E-state index contributed by atoms with van der Waals surface area (Å²) >= 11 is 0. The maximum absolute atomic E-state index is 3.65. The molecule has 0 spiro atoms. The second-order valence-electron chi connectivity index (χ2n) is 11.8. The molecule has 0 heterocycles. The normalized spacial score (nSPS) is 57.8. The van der Waals surface area contributed by atoms with E-state index in [0.717, 1.165) is 59.2 Å². The highest BCUT2D eigenvalue weighted by Crippen LogP contribution is 2.68. The third kappa shape index (κ3) is 2.34. The maximum atomic E-state index is 3.65. The van der Waals surface area contributed by atoms with Gasteiger partial charge in [0.15, 0.2) is 0 Å². The minimum atomic E-state index is 0.611. The molecular weight excluding hydrogens is 319 g/mol. The van der Waals surface area contributed by atoms with E-state index in [1.165, 1.54) is 12.8 Å². The van der Waals surface area contributed by atoms with Crippen molar-refractivity contribution in [3.05, 3.63) is 0 Å². The molecule has 8 aliphatic carbocycles. The molecule has 0 nitrogen and oxygen atoms in total. The first-order chi connectivity index (χ1) is 12.1. The van der Waals surface area contributed by atoms with Crippen LogP contribution in [0.4, 0.5) is 0 Å². The van der Waals surface area contributed by atoms with Crippen molar-refractivity contribution in [2.75, 3.05) is 0 Å². The summed E-state index contributed by atoms with van der Waals surface area (Å²) in [4.78, 5) is 0. The van der Waals surface area contributed by atoms with Gasteiger partial charge in [-0.25, -0.2) is 0 Å². The van der Waals surface area contributed by atoms with Gasteiger partial charge in [0.25, 0.3) is 0 Å². The zero-order chi connectivity index (χ0) is 16.8. The highest BCUT2D eigenvalue weighted by molar-refractivity contribution is 7.19. The van der Waals surface area contributed by atoms with Gasteiger partial charge in [-0.2, -0.15) is 0 Å². The van der Waals surface area contributed by atoms with E-state index in [2.05, 4.69) is 16.2 Å². The minimum Gasteiger partial charge on any atom is -0.130 e. The van der Waals surface area contributed by atoms with Crippen molar-refractivity contribution < 1.29 is 0 Å². The third-order valence-corrected chi connectivity index (χ3v) is 11.4. The first-order valence-electron chi connectivity index (χ1n) is 11.9. The Kier molecular flexibility index (Phi) is 3.75. The van der Waals surface area contributed by atoms with Crippen LogP contribution in [0.3, 0.4) is 0 Å². The van der Waals surface area contributed by atoms with Crippen molar-refractivity contribution in [3.63, 3.8) is 0 Å². The lowest BCUT2D eigenvalue weighted by Gasteiger charge is -2.66.